The molecule has 1 aromatic heterocycles. The van der Waals surface area contributed by atoms with Crippen molar-refractivity contribution in [2.24, 2.45) is 16.8 Å². The van der Waals surface area contributed by atoms with Gasteiger partial charge in [-0.2, -0.15) is 0 Å². The Bertz CT molecular complexity index is 748. The number of hydrogen-bond donors (Lipinski definition) is 1. The van der Waals surface area contributed by atoms with Crippen molar-refractivity contribution in [3.05, 3.63) is 45.4 Å². The van der Waals surface area contributed by atoms with Gasteiger partial charge in [-0.05, 0) is 23.5 Å². The Morgan fingerprint density at radius 2 is 2.16 bits per heavy atom. The molecule has 96 valence electrons. The van der Waals surface area contributed by atoms with E-state index in [1.807, 2.05) is 12.3 Å². The van der Waals surface area contributed by atoms with Crippen molar-refractivity contribution in [3.8, 4) is 0 Å². The number of rotatable bonds is 1. The summed E-state index contributed by atoms with van der Waals surface area (Å²) in [5.41, 5.74) is 6.69. The highest BCUT2D eigenvalue weighted by atomic mass is 14.7. The molecular formula is C17H18N2. The van der Waals surface area contributed by atoms with Crippen molar-refractivity contribution >= 4 is 24.4 Å². The minimum atomic E-state index is 0.439. The predicted octanol–water partition coefficient (Wildman–Crippen LogP) is 2.37. The fraction of sp³-hybridized carbons (Fsp3) is 0.294. The Hall–Kier alpha value is -2.05. The van der Waals surface area contributed by atoms with Crippen molar-refractivity contribution < 1.29 is 0 Å². The number of fused-ring (bicyclic) bond motifs is 3. The second kappa shape index (κ2) is 4.56. The van der Waals surface area contributed by atoms with E-state index in [1.165, 1.54) is 16.1 Å². The van der Waals surface area contributed by atoms with Crippen LogP contribution in [0.15, 0.2) is 28.6 Å². The minimum absolute atomic E-state index is 0.439. The standard InChI is InChI=1S/C17H18N2/c1-11(2)13-7-12(3)8-17-14(9-13)15-10-18-6-4-5-16(15)19-17/h5-12,19H,1-3H3. The zero-order valence-electron chi connectivity index (χ0n) is 11.6. The number of H-pyrrole nitrogens is 1. The molecule has 2 heterocycles. The molecule has 19 heavy (non-hydrogen) atoms. The van der Waals surface area contributed by atoms with Crippen molar-refractivity contribution in [1.82, 2.24) is 4.98 Å². The van der Waals surface area contributed by atoms with Crippen LogP contribution in [0.2, 0.25) is 0 Å². The maximum atomic E-state index is 4.25. The van der Waals surface area contributed by atoms with Gasteiger partial charge in [0.1, 0.15) is 0 Å². The minimum Gasteiger partial charge on any atom is -0.354 e. The summed E-state index contributed by atoms with van der Waals surface area (Å²) in [5.74, 6) is 0.970. The van der Waals surface area contributed by atoms with Crippen LogP contribution in [0.1, 0.15) is 32.0 Å². The van der Waals surface area contributed by atoms with E-state index in [4.69, 9.17) is 0 Å². The molecule has 2 aliphatic rings. The zero-order valence-corrected chi connectivity index (χ0v) is 11.6. The van der Waals surface area contributed by atoms with Crippen LogP contribution < -0.4 is 10.6 Å². The first-order chi connectivity index (χ1) is 9.15. The summed E-state index contributed by atoms with van der Waals surface area (Å²) in [4.78, 5) is 7.72. The summed E-state index contributed by atoms with van der Waals surface area (Å²) in [6, 6.07) is 0. The first kappa shape index (κ1) is 12.0. The van der Waals surface area contributed by atoms with Gasteiger partial charge >= 0.3 is 0 Å². The van der Waals surface area contributed by atoms with E-state index in [9.17, 15) is 0 Å². The van der Waals surface area contributed by atoms with Gasteiger partial charge in [0.2, 0.25) is 0 Å². The first-order valence-electron chi connectivity index (χ1n) is 6.76. The van der Waals surface area contributed by atoms with Gasteiger partial charge in [-0.1, -0.05) is 38.7 Å². The van der Waals surface area contributed by atoms with E-state index >= 15 is 0 Å². The van der Waals surface area contributed by atoms with Crippen LogP contribution in [0.4, 0.5) is 0 Å². The van der Waals surface area contributed by atoms with Gasteiger partial charge in [0.25, 0.3) is 0 Å². The average Bonchev–Trinajstić information content (AvgIpc) is 2.56. The first-order valence-corrected chi connectivity index (χ1v) is 6.76. The van der Waals surface area contributed by atoms with Crippen LogP contribution in [0.3, 0.4) is 0 Å². The lowest BCUT2D eigenvalue weighted by Crippen LogP contribution is -2.25. The molecule has 1 N–H and O–H groups in total. The zero-order chi connectivity index (χ0) is 13.4. The van der Waals surface area contributed by atoms with E-state index in [1.54, 1.807) is 6.20 Å². The van der Waals surface area contributed by atoms with Crippen LogP contribution in [0.5, 0.6) is 0 Å². The summed E-state index contributed by atoms with van der Waals surface area (Å²) < 4.78 is 0. The maximum absolute atomic E-state index is 4.25. The Labute approximate surface area is 113 Å². The molecule has 0 aromatic carbocycles. The summed E-state index contributed by atoms with van der Waals surface area (Å²) in [5, 5.41) is 2.44. The predicted molar refractivity (Wildman–Crippen MR) is 81.2 cm³/mol. The lowest BCUT2D eigenvalue weighted by Gasteiger charge is -2.07. The monoisotopic (exact) mass is 250 g/mol. The topological polar surface area (TPSA) is 28.1 Å². The Morgan fingerprint density at radius 3 is 2.95 bits per heavy atom. The second-order valence-corrected chi connectivity index (χ2v) is 5.49. The van der Waals surface area contributed by atoms with Gasteiger partial charge in [0.15, 0.2) is 0 Å². The van der Waals surface area contributed by atoms with Crippen molar-refractivity contribution in [2.75, 3.05) is 0 Å². The highest BCUT2D eigenvalue weighted by Gasteiger charge is 2.11. The van der Waals surface area contributed by atoms with E-state index in [-0.39, 0.29) is 0 Å². The normalized spacial score (nSPS) is 20.0. The number of hydrogen-bond acceptors (Lipinski definition) is 1. The number of nitrogens with zero attached hydrogens (tertiary/aromatic N) is 1. The Balaban J connectivity index is 2.33. The molecule has 1 aromatic rings. The Kier molecular flexibility index (Phi) is 2.88. The van der Waals surface area contributed by atoms with Gasteiger partial charge in [-0.15, -0.1) is 0 Å². The molecule has 0 amide bonds. The molecule has 2 nitrogen and oxygen atoms in total. The van der Waals surface area contributed by atoms with E-state index < -0.39 is 0 Å². The van der Waals surface area contributed by atoms with Crippen molar-refractivity contribution in [2.45, 2.75) is 20.8 Å². The largest absolute Gasteiger partial charge is 0.354 e. The molecule has 2 heteroatoms. The molecule has 1 aliphatic heterocycles. The van der Waals surface area contributed by atoms with Gasteiger partial charge < -0.3 is 4.98 Å². The van der Waals surface area contributed by atoms with Gasteiger partial charge in [-0.3, -0.25) is 4.99 Å². The molecule has 0 fully saturated rings. The van der Waals surface area contributed by atoms with Gasteiger partial charge in [-0.25, -0.2) is 0 Å². The summed E-state index contributed by atoms with van der Waals surface area (Å²) in [7, 11) is 0. The molecule has 0 spiro atoms. The summed E-state index contributed by atoms with van der Waals surface area (Å²) in [6.45, 7) is 6.70. The van der Waals surface area contributed by atoms with Crippen molar-refractivity contribution in [1.29, 1.82) is 0 Å². The average molecular weight is 250 g/mol. The molecule has 0 saturated carbocycles. The number of aliphatic imine (C=N–C) groups is 1. The lowest BCUT2D eigenvalue weighted by molar-refractivity contribution is 0.787. The van der Waals surface area contributed by atoms with Crippen LogP contribution in [-0.2, 0) is 0 Å². The lowest BCUT2D eigenvalue weighted by atomic mass is 9.98. The SMILES string of the molecule is CC1C=C(C(C)C)C=c2c3c([nH]c2=C1)C=C=CN=C3. The molecule has 0 saturated heterocycles. The van der Waals surface area contributed by atoms with Crippen LogP contribution in [-0.4, -0.2) is 11.2 Å². The second-order valence-electron chi connectivity index (χ2n) is 5.49. The van der Waals surface area contributed by atoms with E-state index in [0.29, 0.717) is 11.8 Å². The fourth-order valence-corrected chi connectivity index (χ4v) is 2.57. The molecule has 3 rings (SSSR count). The number of nitrogens with one attached hydrogen (secondary N) is 1. The van der Waals surface area contributed by atoms with Crippen LogP contribution in [0.25, 0.3) is 18.2 Å². The molecule has 1 unspecified atom stereocenters. The summed E-state index contributed by atoms with van der Waals surface area (Å²) >= 11 is 0. The van der Waals surface area contributed by atoms with E-state index in [0.717, 1.165) is 11.3 Å². The van der Waals surface area contributed by atoms with Gasteiger partial charge in [0.05, 0.1) is 11.9 Å². The Morgan fingerprint density at radius 1 is 1.32 bits per heavy atom. The third kappa shape index (κ3) is 2.16. The number of allylic oxidation sites excluding steroid dienone is 2. The number of aromatic nitrogens is 1. The highest BCUT2D eigenvalue weighted by molar-refractivity contribution is 5.87. The third-order valence-corrected chi connectivity index (χ3v) is 3.58. The maximum Gasteiger partial charge on any atom is 0.0687 e. The molecular weight excluding hydrogens is 232 g/mol. The fourth-order valence-electron chi connectivity index (χ4n) is 2.57. The highest BCUT2D eigenvalue weighted by Crippen LogP contribution is 2.17. The van der Waals surface area contributed by atoms with Gasteiger partial charge in [0, 0.05) is 28.4 Å². The molecule has 1 aliphatic carbocycles. The molecule has 1 atom stereocenters. The number of aromatic amines is 1. The summed E-state index contributed by atoms with van der Waals surface area (Å²) in [6.07, 6.45) is 12.5. The quantitative estimate of drug-likeness (QED) is 0.741. The van der Waals surface area contributed by atoms with Crippen LogP contribution in [0, 0.1) is 11.8 Å². The smallest absolute Gasteiger partial charge is 0.0687 e. The molecule has 0 bridgehead atoms. The van der Waals surface area contributed by atoms with E-state index in [2.05, 4.69) is 54.7 Å². The van der Waals surface area contributed by atoms with Crippen molar-refractivity contribution in [3.63, 3.8) is 0 Å². The molecule has 0 radical (unpaired) electrons. The van der Waals surface area contributed by atoms with Crippen LogP contribution >= 0.6 is 0 Å². The third-order valence-electron chi connectivity index (χ3n) is 3.58.